The van der Waals surface area contributed by atoms with Crippen LogP contribution in [0.1, 0.15) is 43.7 Å². The van der Waals surface area contributed by atoms with Crippen molar-refractivity contribution in [1.82, 2.24) is 5.32 Å². The fourth-order valence-electron chi connectivity index (χ4n) is 3.04. The fraction of sp³-hybridized carbons (Fsp3) is 0.647. The van der Waals surface area contributed by atoms with E-state index in [-0.39, 0.29) is 0 Å². The number of nitrogens with one attached hydrogen (secondary N) is 1. The summed E-state index contributed by atoms with van der Waals surface area (Å²) in [6.07, 6.45) is 5.47. The summed E-state index contributed by atoms with van der Waals surface area (Å²) >= 11 is 0. The summed E-state index contributed by atoms with van der Waals surface area (Å²) < 4.78 is 5.93. The van der Waals surface area contributed by atoms with Gasteiger partial charge in [0.15, 0.2) is 0 Å². The zero-order valence-electron chi connectivity index (χ0n) is 12.5. The molecule has 1 aromatic rings. The minimum Gasteiger partial charge on any atom is -0.492 e. The lowest BCUT2D eigenvalue weighted by Gasteiger charge is -2.29. The first-order chi connectivity index (χ1) is 9.18. The molecular weight excluding hydrogens is 234 g/mol. The van der Waals surface area contributed by atoms with Crippen LogP contribution in [-0.2, 0) is 0 Å². The Kier molecular flexibility index (Phi) is 5.26. The average Bonchev–Trinajstić information content (AvgIpc) is 2.39. The number of rotatable bonds is 5. The summed E-state index contributed by atoms with van der Waals surface area (Å²) in [6.45, 7) is 8.29. The second-order valence-corrected chi connectivity index (χ2v) is 5.89. The maximum Gasteiger partial charge on any atom is 0.125 e. The highest BCUT2D eigenvalue weighted by Gasteiger charge is 2.20. The Morgan fingerprint density at radius 3 is 2.53 bits per heavy atom. The van der Waals surface area contributed by atoms with Crippen LogP contribution in [0.4, 0.5) is 0 Å². The molecule has 0 radical (unpaired) electrons. The van der Waals surface area contributed by atoms with Crippen LogP contribution in [0.3, 0.4) is 0 Å². The van der Waals surface area contributed by atoms with E-state index in [4.69, 9.17) is 4.74 Å². The van der Waals surface area contributed by atoms with Gasteiger partial charge in [-0.1, -0.05) is 38.0 Å². The molecule has 0 bridgehead atoms. The second kappa shape index (κ2) is 6.95. The van der Waals surface area contributed by atoms with E-state index in [0.29, 0.717) is 6.04 Å². The van der Waals surface area contributed by atoms with Crippen LogP contribution in [0.2, 0.25) is 0 Å². The maximum atomic E-state index is 5.93. The smallest absolute Gasteiger partial charge is 0.125 e. The third-order valence-electron chi connectivity index (χ3n) is 4.28. The normalized spacial score (nSPS) is 23.3. The highest BCUT2D eigenvalue weighted by Crippen LogP contribution is 2.24. The molecule has 2 rings (SSSR count). The molecule has 0 spiro atoms. The van der Waals surface area contributed by atoms with Crippen molar-refractivity contribution in [2.45, 2.75) is 52.5 Å². The highest BCUT2D eigenvalue weighted by atomic mass is 16.5. The van der Waals surface area contributed by atoms with Crippen LogP contribution >= 0.6 is 0 Å². The molecule has 2 unspecified atom stereocenters. The second-order valence-electron chi connectivity index (χ2n) is 5.89. The minimum atomic E-state index is 0.690. The van der Waals surface area contributed by atoms with Crippen molar-refractivity contribution < 1.29 is 4.74 Å². The topological polar surface area (TPSA) is 21.3 Å². The average molecular weight is 261 g/mol. The van der Waals surface area contributed by atoms with Gasteiger partial charge in [0.2, 0.25) is 0 Å². The molecule has 0 aliphatic heterocycles. The monoisotopic (exact) mass is 261 g/mol. The number of benzene rings is 1. The van der Waals surface area contributed by atoms with E-state index in [0.717, 1.165) is 24.8 Å². The molecule has 1 aromatic carbocycles. The van der Waals surface area contributed by atoms with E-state index in [1.807, 2.05) is 0 Å². The molecule has 2 nitrogen and oxygen atoms in total. The molecule has 0 heterocycles. The van der Waals surface area contributed by atoms with Crippen molar-refractivity contribution >= 4 is 0 Å². The predicted molar refractivity (Wildman–Crippen MR) is 80.8 cm³/mol. The van der Waals surface area contributed by atoms with Gasteiger partial charge >= 0.3 is 0 Å². The van der Waals surface area contributed by atoms with Gasteiger partial charge in [0.1, 0.15) is 12.4 Å². The van der Waals surface area contributed by atoms with Crippen LogP contribution in [0, 0.1) is 19.8 Å². The van der Waals surface area contributed by atoms with Crippen LogP contribution in [-0.4, -0.2) is 19.2 Å². The molecular formula is C17H27NO. The Balaban J connectivity index is 1.74. The summed E-state index contributed by atoms with van der Waals surface area (Å²) in [5.74, 6) is 1.87. The van der Waals surface area contributed by atoms with Crippen molar-refractivity contribution in [3.63, 3.8) is 0 Å². The Morgan fingerprint density at radius 1 is 1.16 bits per heavy atom. The zero-order chi connectivity index (χ0) is 13.7. The molecule has 1 aliphatic carbocycles. The molecule has 0 saturated heterocycles. The van der Waals surface area contributed by atoms with Crippen molar-refractivity contribution in [3.8, 4) is 5.75 Å². The Morgan fingerprint density at radius 2 is 1.84 bits per heavy atom. The van der Waals surface area contributed by atoms with Gasteiger partial charge < -0.3 is 10.1 Å². The Bertz CT molecular complexity index is 382. The summed E-state index contributed by atoms with van der Waals surface area (Å²) in [5.41, 5.74) is 2.46. The molecule has 106 valence electrons. The lowest BCUT2D eigenvalue weighted by molar-refractivity contribution is 0.250. The SMILES string of the molecule is Cc1cccc(C)c1OCCNC1CCCCC1C. The van der Waals surface area contributed by atoms with Crippen LogP contribution in [0.5, 0.6) is 5.75 Å². The summed E-state index contributed by atoms with van der Waals surface area (Å²) in [4.78, 5) is 0. The first-order valence-corrected chi connectivity index (χ1v) is 7.61. The van der Waals surface area contributed by atoms with Crippen molar-refractivity contribution in [3.05, 3.63) is 29.3 Å². The molecule has 2 atom stereocenters. The predicted octanol–water partition coefficient (Wildman–Crippen LogP) is 3.85. The Hall–Kier alpha value is -1.02. The first-order valence-electron chi connectivity index (χ1n) is 7.61. The lowest BCUT2D eigenvalue weighted by Crippen LogP contribution is -2.39. The van der Waals surface area contributed by atoms with Crippen molar-refractivity contribution in [2.75, 3.05) is 13.2 Å². The first kappa shape index (κ1) is 14.4. The summed E-state index contributed by atoms with van der Waals surface area (Å²) in [7, 11) is 0. The summed E-state index contributed by atoms with van der Waals surface area (Å²) in [6, 6.07) is 6.99. The molecule has 19 heavy (non-hydrogen) atoms. The van der Waals surface area contributed by atoms with Gasteiger partial charge in [0.05, 0.1) is 0 Å². The van der Waals surface area contributed by atoms with Gasteiger partial charge in [-0.2, -0.15) is 0 Å². The largest absolute Gasteiger partial charge is 0.492 e. The van der Waals surface area contributed by atoms with E-state index in [1.165, 1.54) is 36.8 Å². The van der Waals surface area contributed by atoms with Gasteiger partial charge in [-0.3, -0.25) is 0 Å². The molecule has 1 saturated carbocycles. The van der Waals surface area contributed by atoms with E-state index >= 15 is 0 Å². The van der Waals surface area contributed by atoms with Gasteiger partial charge in [-0.05, 0) is 43.7 Å². The zero-order valence-corrected chi connectivity index (χ0v) is 12.5. The van der Waals surface area contributed by atoms with Crippen LogP contribution in [0.25, 0.3) is 0 Å². The van der Waals surface area contributed by atoms with Gasteiger partial charge in [-0.25, -0.2) is 0 Å². The summed E-state index contributed by atoms with van der Waals surface area (Å²) in [5, 5.41) is 3.66. The molecule has 1 aliphatic rings. The Labute approximate surface area is 117 Å². The van der Waals surface area contributed by atoms with Gasteiger partial charge in [0.25, 0.3) is 0 Å². The fourth-order valence-corrected chi connectivity index (χ4v) is 3.04. The number of para-hydroxylation sites is 1. The molecule has 1 fully saturated rings. The van der Waals surface area contributed by atoms with Gasteiger partial charge in [0, 0.05) is 12.6 Å². The molecule has 0 amide bonds. The highest BCUT2D eigenvalue weighted by molar-refractivity contribution is 5.39. The number of ether oxygens (including phenoxy) is 1. The van der Waals surface area contributed by atoms with Crippen molar-refractivity contribution in [1.29, 1.82) is 0 Å². The van der Waals surface area contributed by atoms with Crippen LogP contribution < -0.4 is 10.1 Å². The maximum absolute atomic E-state index is 5.93. The van der Waals surface area contributed by atoms with Gasteiger partial charge in [-0.15, -0.1) is 0 Å². The van der Waals surface area contributed by atoms with Crippen LogP contribution in [0.15, 0.2) is 18.2 Å². The minimum absolute atomic E-state index is 0.690. The van der Waals surface area contributed by atoms with E-state index in [1.54, 1.807) is 0 Å². The molecule has 0 aromatic heterocycles. The number of hydrogen-bond donors (Lipinski definition) is 1. The van der Waals surface area contributed by atoms with E-state index < -0.39 is 0 Å². The third kappa shape index (κ3) is 3.97. The van der Waals surface area contributed by atoms with E-state index in [9.17, 15) is 0 Å². The molecule has 1 N–H and O–H groups in total. The van der Waals surface area contributed by atoms with Crippen molar-refractivity contribution in [2.24, 2.45) is 5.92 Å². The quantitative estimate of drug-likeness (QED) is 0.813. The lowest BCUT2D eigenvalue weighted by atomic mass is 9.86. The van der Waals surface area contributed by atoms with E-state index in [2.05, 4.69) is 44.3 Å². The molecule has 2 heteroatoms. The number of hydrogen-bond acceptors (Lipinski definition) is 2. The standard InChI is InChI=1S/C17H27NO/c1-13-7-4-5-10-16(13)18-11-12-19-17-14(2)8-6-9-15(17)3/h6,8-9,13,16,18H,4-5,7,10-12H2,1-3H3. The third-order valence-corrected chi connectivity index (χ3v) is 4.28. The number of aryl methyl sites for hydroxylation is 2.